The van der Waals surface area contributed by atoms with E-state index in [1.807, 2.05) is 0 Å². The van der Waals surface area contributed by atoms with Crippen molar-refractivity contribution in [3.05, 3.63) is 6.33 Å². The Kier molecular flexibility index (Phi) is 1.92. The first-order valence-electron chi connectivity index (χ1n) is 4.12. The molecule has 0 bridgehead atoms. The van der Waals surface area contributed by atoms with Crippen LogP contribution in [-0.4, -0.2) is 23.2 Å². The number of rotatable bonds is 3. The third-order valence-electron chi connectivity index (χ3n) is 1.81. The molecule has 0 amide bonds. The predicted molar refractivity (Wildman–Crippen MR) is 46.6 cm³/mol. The fraction of sp³-hybridized carbons (Fsp3) is 0.500. The van der Waals surface area contributed by atoms with Crippen LogP contribution in [0.1, 0.15) is 12.8 Å². The molecule has 1 aromatic rings. The summed E-state index contributed by atoms with van der Waals surface area (Å²) < 4.78 is 10.4. The van der Waals surface area contributed by atoms with Gasteiger partial charge in [-0.1, -0.05) is 0 Å². The van der Waals surface area contributed by atoms with Crippen LogP contribution in [0.3, 0.4) is 0 Å². The van der Waals surface area contributed by atoms with E-state index in [2.05, 4.69) is 9.97 Å². The molecule has 2 N–H and O–H groups in total. The number of nitrogens with two attached hydrogens (primary N) is 1. The molecule has 0 aromatic carbocycles. The van der Waals surface area contributed by atoms with E-state index in [0.29, 0.717) is 17.4 Å². The predicted octanol–water partition coefficient (Wildman–Crippen LogP) is 0.609. The van der Waals surface area contributed by atoms with Crippen molar-refractivity contribution in [3.8, 4) is 11.8 Å². The molecule has 1 fully saturated rings. The molecule has 1 aromatic heterocycles. The van der Waals surface area contributed by atoms with Crippen molar-refractivity contribution in [1.82, 2.24) is 9.97 Å². The second-order valence-corrected chi connectivity index (χ2v) is 2.92. The Hall–Kier alpha value is -1.52. The summed E-state index contributed by atoms with van der Waals surface area (Å²) in [5.41, 5.74) is 6.07. The van der Waals surface area contributed by atoms with Crippen molar-refractivity contribution in [2.75, 3.05) is 12.8 Å². The molecule has 0 atom stereocenters. The summed E-state index contributed by atoms with van der Waals surface area (Å²) in [4.78, 5) is 7.78. The van der Waals surface area contributed by atoms with Gasteiger partial charge in [-0.3, -0.25) is 0 Å². The molecule has 1 aliphatic carbocycles. The number of hydrogen-bond acceptors (Lipinski definition) is 5. The molecular formula is C8H11N3O2. The summed E-state index contributed by atoms with van der Waals surface area (Å²) in [7, 11) is 1.51. The molecule has 0 radical (unpaired) electrons. The van der Waals surface area contributed by atoms with Crippen molar-refractivity contribution in [2.24, 2.45) is 0 Å². The summed E-state index contributed by atoms with van der Waals surface area (Å²) >= 11 is 0. The quantitative estimate of drug-likeness (QED) is 0.739. The largest absolute Gasteiger partial charge is 0.479 e. The normalized spacial score (nSPS) is 15.5. The number of nitrogens with zero attached hydrogens (tertiary/aromatic N) is 2. The number of nitrogen functional groups attached to an aromatic ring is 1. The molecule has 1 saturated carbocycles. The molecule has 5 heteroatoms. The second-order valence-electron chi connectivity index (χ2n) is 2.92. The summed E-state index contributed by atoms with van der Waals surface area (Å²) in [5, 5.41) is 0. The van der Waals surface area contributed by atoms with E-state index in [0.717, 1.165) is 12.8 Å². The highest BCUT2D eigenvalue weighted by Crippen LogP contribution is 2.32. The maximum absolute atomic E-state index is 5.69. The maximum atomic E-state index is 5.69. The molecule has 70 valence electrons. The van der Waals surface area contributed by atoms with Crippen LogP contribution in [0.2, 0.25) is 0 Å². The van der Waals surface area contributed by atoms with E-state index < -0.39 is 0 Å². The zero-order valence-corrected chi connectivity index (χ0v) is 7.36. The first-order chi connectivity index (χ1) is 6.31. The molecule has 0 saturated heterocycles. The fourth-order valence-corrected chi connectivity index (χ4v) is 0.965. The van der Waals surface area contributed by atoms with Gasteiger partial charge in [0.05, 0.1) is 7.11 Å². The molecule has 5 nitrogen and oxygen atoms in total. The van der Waals surface area contributed by atoms with Crippen LogP contribution >= 0.6 is 0 Å². The lowest BCUT2D eigenvalue weighted by molar-refractivity contribution is 0.289. The van der Waals surface area contributed by atoms with E-state index >= 15 is 0 Å². The molecule has 0 spiro atoms. The van der Waals surface area contributed by atoms with Crippen molar-refractivity contribution < 1.29 is 9.47 Å². The minimum atomic E-state index is 0.280. The third kappa shape index (κ3) is 1.63. The Bertz CT molecular complexity index is 312. The van der Waals surface area contributed by atoms with Gasteiger partial charge in [-0.2, -0.15) is 9.97 Å². The number of aromatic nitrogens is 2. The fourth-order valence-electron chi connectivity index (χ4n) is 0.965. The highest BCUT2D eigenvalue weighted by atomic mass is 16.5. The molecule has 0 aliphatic heterocycles. The Balaban J connectivity index is 2.22. The summed E-state index contributed by atoms with van der Waals surface area (Å²) in [5.74, 6) is 0.792. The standard InChI is InChI=1S/C8H11N3O2/c1-12-7-6(9)8(11-4-10-7)13-5-2-3-5/h4-5H,2-3,9H2,1H3. The highest BCUT2D eigenvalue weighted by Gasteiger charge is 2.25. The van der Waals surface area contributed by atoms with Gasteiger partial charge in [-0.05, 0) is 12.8 Å². The number of anilines is 1. The lowest BCUT2D eigenvalue weighted by Gasteiger charge is -2.07. The Morgan fingerprint density at radius 2 is 2.08 bits per heavy atom. The van der Waals surface area contributed by atoms with Crippen molar-refractivity contribution >= 4 is 5.69 Å². The van der Waals surface area contributed by atoms with Crippen LogP contribution in [0, 0.1) is 0 Å². The Morgan fingerprint density at radius 3 is 2.69 bits per heavy atom. The molecule has 13 heavy (non-hydrogen) atoms. The van der Waals surface area contributed by atoms with E-state index in [9.17, 15) is 0 Å². The minimum Gasteiger partial charge on any atom is -0.479 e. The summed E-state index contributed by atoms with van der Waals surface area (Å²) in [6.45, 7) is 0. The van der Waals surface area contributed by atoms with Crippen LogP contribution in [0.15, 0.2) is 6.33 Å². The minimum absolute atomic E-state index is 0.280. The van der Waals surface area contributed by atoms with Crippen LogP contribution in [0.4, 0.5) is 5.69 Å². The van der Waals surface area contributed by atoms with Gasteiger partial charge in [0.15, 0.2) is 5.69 Å². The second kappa shape index (κ2) is 3.08. The summed E-state index contributed by atoms with van der Waals surface area (Å²) in [6.07, 6.45) is 3.81. The molecule has 2 rings (SSSR count). The first-order valence-corrected chi connectivity index (χ1v) is 4.12. The van der Waals surface area contributed by atoms with Gasteiger partial charge < -0.3 is 15.2 Å². The molecular weight excluding hydrogens is 170 g/mol. The zero-order valence-electron chi connectivity index (χ0n) is 7.36. The third-order valence-corrected chi connectivity index (χ3v) is 1.81. The SMILES string of the molecule is COc1ncnc(OC2CC2)c1N. The average molecular weight is 181 g/mol. The van der Waals surface area contributed by atoms with Crippen LogP contribution in [0.25, 0.3) is 0 Å². The van der Waals surface area contributed by atoms with Crippen LogP contribution < -0.4 is 15.2 Å². The summed E-state index contributed by atoms with van der Waals surface area (Å²) in [6, 6.07) is 0. The maximum Gasteiger partial charge on any atom is 0.244 e. The molecule has 0 unspecified atom stereocenters. The van der Waals surface area contributed by atoms with Gasteiger partial charge in [-0.15, -0.1) is 0 Å². The van der Waals surface area contributed by atoms with E-state index in [1.165, 1.54) is 13.4 Å². The van der Waals surface area contributed by atoms with Gasteiger partial charge >= 0.3 is 0 Å². The van der Waals surface area contributed by atoms with Crippen LogP contribution in [0.5, 0.6) is 11.8 Å². The molecule has 1 heterocycles. The number of ether oxygens (including phenoxy) is 2. The van der Waals surface area contributed by atoms with Crippen molar-refractivity contribution in [1.29, 1.82) is 0 Å². The molecule has 1 aliphatic rings. The monoisotopic (exact) mass is 181 g/mol. The van der Waals surface area contributed by atoms with Crippen molar-refractivity contribution in [3.63, 3.8) is 0 Å². The smallest absolute Gasteiger partial charge is 0.244 e. The van der Waals surface area contributed by atoms with Gasteiger partial charge in [-0.25, -0.2) is 0 Å². The van der Waals surface area contributed by atoms with Gasteiger partial charge in [0.1, 0.15) is 12.4 Å². The first kappa shape index (κ1) is 8.10. The van der Waals surface area contributed by atoms with E-state index in [4.69, 9.17) is 15.2 Å². The zero-order chi connectivity index (χ0) is 9.26. The highest BCUT2D eigenvalue weighted by molar-refractivity contribution is 5.55. The van der Waals surface area contributed by atoms with Gasteiger partial charge in [0.2, 0.25) is 11.8 Å². The lowest BCUT2D eigenvalue weighted by atomic mass is 10.5. The Labute approximate surface area is 75.9 Å². The topological polar surface area (TPSA) is 70.3 Å². The van der Waals surface area contributed by atoms with Gasteiger partial charge in [0, 0.05) is 0 Å². The van der Waals surface area contributed by atoms with E-state index in [-0.39, 0.29) is 6.10 Å². The van der Waals surface area contributed by atoms with Gasteiger partial charge in [0.25, 0.3) is 0 Å². The number of hydrogen-bond donors (Lipinski definition) is 1. The number of methoxy groups -OCH3 is 1. The lowest BCUT2D eigenvalue weighted by Crippen LogP contribution is -2.04. The van der Waals surface area contributed by atoms with Crippen LogP contribution in [-0.2, 0) is 0 Å². The Morgan fingerprint density at radius 1 is 1.38 bits per heavy atom. The average Bonchev–Trinajstić information content (AvgIpc) is 2.92. The van der Waals surface area contributed by atoms with Crippen molar-refractivity contribution in [2.45, 2.75) is 18.9 Å². The van der Waals surface area contributed by atoms with E-state index in [1.54, 1.807) is 0 Å².